The van der Waals surface area contributed by atoms with Crippen LogP contribution in [0.1, 0.15) is 32.1 Å². The molecule has 1 heterocycles. The summed E-state index contributed by atoms with van der Waals surface area (Å²) in [6.45, 7) is 1.56. The molecule has 0 aromatic heterocycles. The van der Waals surface area contributed by atoms with Crippen molar-refractivity contribution >= 4 is 5.97 Å². The minimum Gasteiger partial charge on any atom is -0.480 e. The zero-order chi connectivity index (χ0) is 13.2. The summed E-state index contributed by atoms with van der Waals surface area (Å²) in [7, 11) is 2.05. The first-order chi connectivity index (χ1) is 8.59. The molecule has 1 aliphatic heterocycles. The Bertz CT molecular complexity index is 360. The second-order valence-corrected chi connectivity index (χ2v) is 5.40. The van der Waals surface area contributed by atoms with E-state index in [2.05, 4.69) is 11.9 Å². The van der Waals surface area contributed by atoms with Crippen molar-refractivity contribution in [2.45, 2.75) is 44.2 Å². The van der Waals surface area contributed by atoms with Gasteiger partial charge in [0.25, 0.3) is 0 Å². The first-order valence-corrected chi connectivity index (χ1v) is 6.53. The van der Waals surface area contributed by atoms with E-state index in [-0.39, 0.29) is 6.04 Å². The molecule has 0 spiro atoms. The summed E-state index contributed by atoms with van der Waals surface area (Å²) in [6, 6.07) is 2.69. The van der Waals surface area contributed by atoms with Gasteiger partial charge in [0, 0.05) is 25.3 Å². The normalized spacial score (nSPS) is 33.5. The largest absolute Gasteiger partial charge is 0.480 e. The van der Waals surface area contributed by atoms with E-state index < -0.39 is 11.4 Å². The summed E-state index contributed by atoms with van der Waals surface area (Å²) in [4.78, 5) is 13.5. The van der Waals surface area contributed by atoms with Crippen molar-refractivity contribution in [1.29, 1.82) is 5.26 Å². The lowest BCUT2D eigenvalue weighted by Gasteiger charge is -2.35. The van der Waals surface area contributed by atoms with E-state index in [1.807, 2.05) is 6.07 Å². The van der Waals surface area contributed by atoms with Crippen LogP contribution in [0.15, 0.2) is 0 Å². The molecule has 18 heavy (non-hydrogen) atoms. The van der Waals surface area contributed by atoms with Gasteiger partial charge in [-0.25, -0.2) is 0 Å². The van der Waals surface area contributed by atoms with Crippen molar-refractivity contribution in [2.24, 2.45) is 5.41 Å². The zero-order valence-electron chi connectivity index (χ0n) is 10.8. The summed E-state index contributed by atoms with van der Waals surface area (Å²) < 4.78 is 5.34. The third-order valence-corrected chi connectivity index (χ3v) is 4.45. The number of carboxylic acid groups (broad SMARTS) is 1. The standard InChI is InChI=1S/C13H20N2O3/c1-15(10-3-6-18-7-4-10)11-2-5-13(8-11,9-14)12(16)17/h10-11H,2-8H2,1H3,(H,16,17). The number of aliphatic carboxylic acids is 1. The third-order valence-electron chi connectivity index (χ3n) is 4.45. The van der Waals surface area contributed by atoms with Crippen LogP contribution in [0.5, 0.6) is 0 Å². The Kier molecular flexibility index (Phi) is 3.88. The van der Waals surface area contributed by atoms with Gasteiger partial charge < -0.3 is 14.7 Å². The molecular weight excluding hydrogens is 232 g/mol. The molecular formula is C13H20N2O3. The van der Waals surface area contributed by atoms with Crippen LogP contribution in [0.4, 0.5) is 0 Å². The van der Waals surface area contributed by atoms with Crippen LogP contribution in [-0.4, -0.2) is 48.3 Å². The van der Waals surface area contributed by atoms with E-state index in [0.717, 1.165) is 32.5 Å². The van der Waals surface area contributed by atoms with Crippen molar-refractivity contribution in [2.75, 3.05) is 20.3 Å². The quantitative estimate of drug-likeness (QED) is 0.818. The van der Waals surface area contributed by atoms with E-state index in [0.29, 0.717) is 18.9 Å². The van der Waals surface area contributed by atoms with Gasteiger partial charge in [0.2, 0.25) is 0 Å². The molecule has 1 saturated carbocycles. The smallest absolute Gasteiger partial charge is 0.324 e. The van der Waals surface area contributed by atoms with Crippen LogP contribution in [0.25, 0.3) is 0 Å². The molecule has 0 radical (unpaired) electrons. The summed E-state index contributed by atoms with van der Waals surface area (Å²) in [5.74, 6) is -0.965. The minimum absolute atomic E-state index is 0.212. The average molecular weight is 252 g/mol. The molecule has 100 valence electrons. The minimum atomic E-state index is -1.16. The summed E-state index contributed by atoms with van der Waals surface area (Å²) in [5, 5.41) is 18.3. The Labute approximate surface area is 107 Å². The van der Waals surface area contributed by atoms with Crippen molar-refractivity contribution in [3.8, 4) is 6.07 Å². The lowest BCUT2D eigenvalue weighted by atomic mass is 9.88. The monoisotopic (exact) mass is 252 g/mol. The second-order valence-electron chi connectivity index (χ2n) is 5.40. The van der Waals surface area contributed by atoms with Crippen LogP contribution < -0.4 is 0 Å². The molecule has 2 aliphatic rings. The van der Waals surface area contributed by atoms with Gasteiger partial charge >= 0.3 is 5.97 Å². The number of ether oxygens (including phenoxy) is 1. The number of hydrogen-bond donors (Lipinski definition) is 1. The molecule has 2 unspecified atom stereocenters. The first kappa shape index (κ1) is 13.3. The highest BCUT2D eigenvalue weighted by Crippen LogP contribution is 2.40. The van der Waals surface area contributed by atoms with Gasteiger partial charge in [0.1, 0.15) is 0 Å². The van der Waals surface area contributed by atoms with Crippen LogP contribution in [0, 0.1) is 16.7 Å². The molecule has 0 bridgehead atoms. The number of carboxylic acids is 1. The predicted octanol–water partition coefficient (Wildman–Crippen LogP) is 1.24. The number of carbonyl (C=O) groups is 1. The number of hydrogen-bond acceptors (Lipinski definition) is 4. The number of nitriles is 1. The van der Waals surface area contributed by atoms with E-state index in [9.17, 15) is 9.90 Å². The molecule has 1 saturated heterocycles. The maximum atomic E-state index is 11.2. The lowest BCUT2D eigenvalue weighted by molar-refractivity contribution is -0.145. The SMILES string of the molecule is CN(C1CCOCC1)C1CCC(C#N)(C(=O)O)C1. The van der Waals surface area contributed by atoms with Crippen molar-refractivity contribution < 1.29 is 14.6 Å². The number of nitrogens with zero attached hydrogens (tertiary/aromatic N) is 2. The van der Waals surface area contributed by atoms with Crippen molar-refractivity contribution in [3.05, 3.63) is 0 Å². The van der Waals surface area contributed by atoms with Gasteiger partial charge in [0.05, 0.1) is 6.07 Å². The van der Waals surface area contributed by atoms with Crippen LogP contribution in [0.2, 0.25) is 0 Å². The molecule has 0 amide bonds. The topological polar surface area (TPSA) is 73.6 Å². The Morgan fingerprint density at radius 3 is 2.56 bits per heavy atom. The molecule has 0 aromatic carbocycles. The van der Waals surface area contributed by atoms with Crippen LogP contribution in [0.3, 0.4) is 0 Å². The predicted molar refractivity (Wildman–Crippen MR) is 64.9 cm³/mol. The third kappa shape index (κ3) is 2.36. The summed E-state index contributed by atoms with van der Waals surface area (Å²) in [5.41, 5.74) is -1.16. The maximum absolute atomic E-state index is 11.2. The maximum Gasteiger partial charge on any atom is 0.324 e. The Balaban J connectivity index is 1.99. The van der Waals surface area contributed by atoms with Gasteiger partial charge in [-0.05, 0) is 39.2 Å². The molecule has 5 nitrogen and oxygen atoms in total. The number of rotatable bonds is 3. The Hall–Kier alpha value is -1.12. The molecule has 5 heteroatoms. The lowest BCUT2D eigenvalue weighted by Crippen LogP contribution is -2.43. The van der Waals surface area contributed by atoms with Crippen molar-refractivity contribution in [3.63, 3.8) is 0 Å². The van der Waals surface area contributed by atoms with E-state index in [1.54, 1.807) is 0 Å². The van der Waals surface area contributed by atoms with Gasteiger partial charge in [0.15, 0.2) is 5.41 Å². The fourth-order valence-corrected chi connectivity index (χ4v) is 3.10. The molecule has 2 fully saturated rings. The first-order valence-electron chi connectivity index (χ1n) is 6.53. The van der Waals surface area contributed by atoms with Gasteiger partial charge in [-0.2, -0.15) is 5.26 Å². The molecule has 2 rings (SSSR count). The van der Waals surface area contributed by atoms with E-state index >= 15 is 0 Å². The average Bonchev–Trinajstić information content (AvgIpc) is 2.84. The van der Waals surface area contributed by atoms with E-state index in [4.69, 9.17) is 10.00 Å². The van der Waals surface area contributed by atoms with Crippen molar-refractivity contribution in [1.82, 2.24) is 4.90 Å². The van der Waals surface area contributed by atoms with E-state index in [1.165, 1.54) is 0 Å². The van der Waals surface area contributed by atoms with Gasteiger partial charge in [-0.3, -0.25) is 4.79 Å². The van der Waals surface area contributed by atoms with Gasteiger partial charge in [-0.15, -0.1) is 0 Å². The van der Waals surface area contributed by atoms with Gasteiger partial charge in [-0.1, -0.05) is 0 Å². The fraction of sp³-hybridized carbons (Fsp3) is 0.846. The molecule has 1 aliphatic carbocycles. The second kappa shape index (κ2) is 5.25. The fourth-order valence-electron chi connectivity index (χ4n) is 3.10. The Morgan fingerprint density at radius 2 is 2.06 bits per heavy atom. The highest BCUT2D eigenvalue weighted by molar-refractivity contribution is 5.78. The summed E-state index contributed by atoms with van der Waals surface area (Å²) in [6.07, 6.45) is 3.72. The van der Waals surface area contributed by atoms with Crippen LogP contribution in [-0.2, 0) is 9.53 Å². The zero-order valence-corrected chi connectivity index (χ0v) is 10.8. The highest BCUT2D eigenvalue weighted by atomic mass is 16.5. The van der Waals surface area contributed by atoms with Crippen LogP contribution >= 0.6 is 0 Å². The highest BCUT2D eigenvalue weighted by Gasteiger charge is 2.47. The molecule has 1 N–H and O–H groups in total. The Morgan fingerprint density at radius 1 is 1.39 bits per heavy atom. The summed E-state index contributed by atoms with van der Waals surface area (Å²) >= 11 is 0. The molecule has 0 aromatic rings. The molecule has 2 atom stereocenters.